The molecule has 0 aliphatic heterocycles. The van der Waals surface area contributed by atoms with Crippen LogP contribution in [0.5, 0.6) is 0 Å². The van der Waals surface area contributed by atoms with Crippen molar-refractivity contribution in [1.29, 1.82) is 0 Å². The lowest BCUT2D eigenvalue weighted by Crippen LogP contribution is -2.07. The molecule has 0 aromatic heterocycles. The summed E-state index contributed by atoms with van der Waals surface area (Å²) in [4.78, 5) is 10.4. The lowest BCUT2D eigenvalue weighted by atomic mass is 10.2. The van der Waals surface area contributed by atoms with Crippen LogP contribution in [0, 0.1) is 5.82 Å². The Hall–Kier alpha value is -1.64. The van der Waals surface area contributed by atoms with Gasteiger partial charge in [-0.3, -0.25) is 4.79 Å². The molecule has 0 bridgehead atoms. The molecule has 1 aromatic carbocycles. The highest BCUT2D eigenvalue weighted by Gasteiger charge is 1.89. The van der Waals surface area contributed by atoms with Gasteiger partial charge in [0.25, 0.3) is 0 Å². The Balaban J connectivity index is 2.59. The molecular weight excluding hydrogens is 169 g/mol. The standard InChI is InChI=1S/C10H10FNO/c11-9-6-4-8(5-7-9)2-1-3-10(12)13/h1-2,4-7H,3H2,(H2,12,13). The predicted octanol–water partition coefficient (Wildman–Crippen LogP) is 1.71. The molecule has 68 valence electrons. The molecule has 0 saturated heterocycles. The molecule has 0 aliphatic carbocycles. The number of benzene rings is 1. The molecule has 0 atom stereocenters. The summed E-state index contributed by atoms with van der Waals surface area (Å²) in [7, 11) is 0. The number of carbonyl (C=O) groups excluding carboxylic acids is 1. The molecule has 2 N–H and O–H groups in total. The number of hydrogen-bond donors (Lipinski definition) is 1. The van der Waals surface area contributed by atoms with E-state index < -0.39 is 0 Å². The Kier molecular flexibility index (Phi) is 3.20. The van der Waals surface area contributed by atoms with Gasteiger partial charge in [0.1, 0.15) is 5.82 Å². The lowest BCUT2D eigenvalue weighted by molar-refractivity contribution is -0.117. The quantitative estimate of drug-likeness (QED) is 0.754. The van der Waals surface area contributed by atoms with Crippen molar-refractivity contribution >= 4 is 12.0 Å². The first-order chi connectivity index (χ1) is 6.18. The summed E-state index contributed by atoms with van der Waals surface area (Å²) in [6.45, 7) is 0. The van der Waals surface area contributed by atoms with Gasteiger partial charge in [0.05, 0.1) is 0 Å². The monoisotopic (exact) mass is 179 g/mol. The number of nitrogens with two attached hydrogens (primary N) is 1. The third-order valence-corrected chi connectivity index (χ3v) is 1.50. The summed E-state index contributed by atoms with van der Waals surface area (Å²) in [6.07, 6.45) is 3.58. The zero-order valence-corrected chi connectivity index (χ0v) is 7.03. The van der Waals surface area contributed by atoms with E-state index in [1.165, 1.54) is 12.1 Å². The lowest BCUT2D eigenvalue weighted by Gasteiger charge is -1.91. The average molecular weight is 179 g/mol. The minimum atomic E-state index is -0.377. The first-order valence-electron chi connectivity index (χ1n) is 3.89. The van der Waals surface area contributed by atoms with Crippen LogP contribution >= 0.6 is 0 Å². The van der Waals surface area contributed by atoms with E-state index >= 15 is 0 Å². The fraction of sp³-hybridized carbons (Fsp3) is 0.100. The van der Waals surface area contributed by atoms with Gasteiger partial charge >= 0.3 is 0 Å². The molecule has 2 nitrogen and oxygen atoms in total. The zero-order chi connectivity index (χ0) is 9.68. The SMILES string of the molecule is NC(=O)CC=Cc1ccc(F)cc1. The number of hydrogen-bond acceptors (Lipinski definition) is 1. The van der Waals surface area contributed by atoms with Crippen molar-refractivity contribution in [3.63, 3.8) is 0 Å². The molecule has 0 unspecified atom stereocenters. The van der Waals surface area contributed by atoms with Crippen molar-refractivity contribution in [3.8, 4) is 0 Å². The van der Waals surface area contributed by atoms with Gasteiger partial charge in [-0.2, -0.15) is 0 Å². The van der Waals surface area contributed by atoms with Crippen LogP contribution in [0.2, 0.25) is 0 Å². The third kappa shape index (κ3) is 3.51. The highest BCUT2D eigenvalue weighted by molar-refractivity contribution is 5.76. The number of primary amides is 1. The van der Waals surface area contributed by atoms with Crippen LogP contribution in [0.1, 0.15) is 12.0 Å². The van der Waals surface area contributed by atoms with E-state index in [4.69, 9.17) is 5.73 Å². The Morgan fingerprint density at radius 2 is 2.00 bits per heavy atom. The largest absolute Gasteiger partial charge is 0.369 e. The summed E-state index contributed by atoms with van der Waals surface area (Å²) >= 11 is 0. The van der Waals surface area contributed by atoms with Gasteiger partial charge in [0.2, 0.25) is 5.91 Å². The van der Waals surface area contributed by atoms with Gasteiger partial charge in [-0.1, -0.05) is 24.3 Å². The van der Waals surface area contributed by atoms with Crippen molar-refractivity contribution < 1.29 is 9.18 Å². The summed E-state index contributed by atoms with van der Waals surface area (Å²) in [5.41, 5.74) is 5.78. The number of halogens is 1. The number of amides is 1. The fourth-order valence-electron chi connectivity index (χ4n) is 0.885. The molecule has 0 fully saturated rings. The Bertz CT molecular complexity index is 316. The Morgan fingerprint density at radius 3 is 2.54 bits per heavy atom. The number of rotatable bonds is 3. The number of carbonyl (C=O) groups is 1. The van der Waals surface area contributed by atoms with Crippen molar-refractivity contribution in [2.24, 2.45) is 5.73 Å². The molecule has 0 saturated carbocycles. The van der Waals surface area contributed by atoms with E-state index in [0.717, 1.165) is 5.56 Å². The second kappa shape index (κ2) is 4.40. The van der Waals surface area contributed by atoms with Crippen molar-refractivity contribution in [2.75, 3.05) is 0 Å². The van der Waals surface area contributed by atoms with E-state index in [1.807, 2.05) is 0 Å². The maximum Gasteiger partial charge on any atom is 0.221 e. The summed E-state index contributed by atoms with van der Waals surface area (Å²) in [5, 5.41) is 0. The Morgan fingerprint density at radius 1 is 1.38 bits per heavy atom. The molecule has 1 amide bonds. The van der Waals surface area contributed by atoms with E-state index in [0.29, 0.717) is 0 Å². The Labute approximate surface area is 75.9 Å². The molecule has 13 heavy (non-hydrogen) atoms. The summed E-state index contributed by atoms with van der Waals surface area (Å²) in [5.74, 6) is -0.648. The van der Waals surface area contributed by atoms with E-state index in [-0.39, 0.29) is 18.1 Å². The predicted molar refractivity (Wildman–Crippen MR) is 49.2 cm³/mol. The highest BCUT2D eigenvalue weighted by Crippen LogP contribution is 2.04. The first kappa shape index (κ1) is 9.45. The molecule has 1 rings (SSSR count). The van der Waals surface area contributed by atoms with E-state index in [1.54, 1.807) is 24.3 Å². The van der Waals surface area contributed by atoms with Crippen LogP contribution in [0.4, 0.5) is 4.39 Å². The molecule has 3 heteroatoms. The topological polar surface area (TPSA) is 43.1 Å². The molecule has 0 spiro atoms. The van der Waals surface area contributed by atoms with Gasteiger partial charge in [0, 0.05) is 6.42 Å². The molecule has 1 aromatic rings. The van der Waals surface area contributed by atoms with Gasteiger partial charge < -0.3 is 5.73 Å². The second-order valence-corrected chi connectivity index (χ2v) is 2.62. The van der Waals surface area contributed by atoms with E-state index in [2.05, 4.69) is 0 Å². The van der Waals surface area contributed by atoms with Gasteiger partial charge in [-0.25, -0.2) is 4.39 Å². The highest BCUT2D eigenvalue weighted by atomic mass is 19.1. The molecule has 0 heterocycles. The minimum Gasteiger partial charge on any atom is -0.369 e. The fourth-order valence-corrected chi connectivity index (χ4v) is 0.885. The van der Waals surface area contributed by atoms with Gasteiger partial charge in [0.15, 0.2) is 0 Å². The smallest absolute Gasteiger partial charge is 0.221 e. The normalized spacial score (nSPS) is 10.5. The van der Waals surface area contributed by atoms with Gasteiger partial charge in [-0.05, 0) is 17.7 Å². The van der Waals surface area contributed by atoms with Gasteiger partial charge in [-0.15, -0.1) is 0 Å². The molecule has 0 aliphatic rings. The summed E-state index contributed by atoms with van der Waals surface area (Å²) in [6, 6.07) is 5.99. The first-order valence-corrected chi connectivity index (χ1v) is 3.89. The third-order valence-electron chi connectivity index (χ3n) is 1.50. The van der Waals surface area contributed by atoms with Crippen molar-refractivity contribution in [2.45, 2.75) is 6.42 Å². The molecular formula is C10H10FNO. The van der Waals surface area contributed by atoms with Crippen LogP contribution in [-0.2, 0) is 4.79 Å². The second-order valence-electron chi connectivity index (χ2n) is 2.62. The van der Waals surface area contributed by atoms with Crippen LogP contribution in [0.15, 0.2) is 30.3 Å². The van der Waals surface area contributed by atoms with Crippen LogP contribution < -0.4 is 5.73 Å². The van der Waals surface area contributed by atoms with Crippen LogP contribution in [0.25, 0.3) is 6.08 Å². The summed E-state index contributed by atoms with van der Waals surface area (Å²) < 4.78 is 12.4. The zero-order valence-electron chi connectivity index (χ0n) is 7.03. The molecule has 0 radical (unpaired) electrons. The van der Waals surface area contributed by atoms with Crippen LogP contribution in [-0.4, -0.2) is 5.91 Å². The maximum atomic E-state index is 12.4. The van der Waals surface area contributed by atoms with Crippen molar-refractivity contribution in [1.82, 2.24) is 0 Å². The van der Waals surface area contributed by atoms with E-state index in [9.17, 15) is 9.18 Å². The average Bonchev–Trinajstić information content (AvgIpc) is 2.08. The minimum absolute atomic E-state index is 0.206. The van der Waals surface area contributed by atoms with Crippen molar-refractivity contribution in [3.05, 3.63) is 41.7 Å². The van der Waals surface area contributed by atoms with Crippen LogP contribution in [0.3, 0.4) is 0 Å². The maximum absolute atomic E-state index is 12.4.